The molecule has 0 saturated carbocycles. The summed E-state index contributed by atoms with van der Waals surface area (Å²) < 4.78 is 12.3. The smallest absolute Gasteiger partial charge is 0.137 e. The van der Waals surface area contributed by atoms with Gasteiger partial charge in [-0.2, -0.15) is 0 Å². The van der Waals surface area contributed by atoms with Crippen molar-refractivity contribution in [2.75, 3.05) is 23.1 Å². The van der Waals surface area contributed by atoms with E-state index in [0.29, 0.717) is 0 Å². The summed E-state index contributed by atoms with van der Waals surface area (Å²) in [7, 11) is 0. The second-order valence-corrected chi connectivity index (χ2v) is 9.96. The van der Waals surface area contributed by atoms with Crippen LogP contribution in [-0.2, 0) is 0 Å². The van der Waals surface area contributed by atoms with Crippen LogP contribution >= 0.6 is 0 Å². The Morgan fingerprint density at radius 3 is 1.42 bits per heavy atom. The van der Waals surface area contributed by atoms with Crippen LogP contribution in [0.3, 0.4) is 0 Å². The molecule has 0 radical (unpaired) electrons. The lowest BCUT2D eigenvalue weighted by Gasteiger charge is -2.37. The van der Waals surface area contributed by atoms with Gasteiger partial charge in [0.1, 0.15) is 35.7 Å². The zero-order valence-corrected chi connectivity index (χ0v) is 20.4. The van der Waals surface area contributed by atoms with Gasteiger partial charge in [0, 0.05) is 23.2 Å². The van der Waals surface area contributed by atoms with Gasteiger partial charge >= 0.3 is 0 Å². The van der Waals surface area contributed by atoms with E-state index < -0.39 is 0 Å². The van der Waals surface area contributed by atoms with E-state index in [9.17, 15) is 0 Å². The molecule has 6 heteroatoms. The minimum absolute atomic E-state index is 0.725. The zero-order valence-electron chi connectivity index (χ0n) is 20.4. The number of furan rings is 2. The Morgan fingerprint density at radius 2 is 0.921 bits per heavy atom. The van der Waals surface area contributed by atoms with Crippen molar-refractivity contribution >= 4 is 55.3 Å². The second-order valence-electron chi connectivity index (χ2n) is 9.96. The van der Waals surface area contributed by atoms with Gasteiger partial charge in [-0.15, -0.1) is 0 Å². The maximum absolute atomic E-state index is 6.15. The number of hydrazine groups is 1. The van der Waals surface area contributed by atoms with Crippen molar-refractivity contribution in [1.82, 2.24) is 10.0 Å². The highest BCUT2D eigenvalue weighted by Gasteiger charge is 2.35. The molecule has 6 aromatic rings. The molecule has 3 aliphatic rings. The van der Waals surface area contributed by atoms with E-state index in [2.05, 4.69) is 105 Å². The summed E-state index contributed by atoms with van der Waals surface area (Å²) in [5.74, 6) is 0. The van der Waals surface area contributed by atoms with E-state index in [4.69, 9.17) is 8.83 Å². The van der Waals surface area contributed by atoms with Crippen molar-refractivity contribution < 1.29 is 8.83 Å². The number of hydrogen-bond donors (Lipinski definition) is 0. The third-order valence-electron chi connectivity index (χ3n) is 7.84. The lowest BCUT2D eigenvalue weighted by atomic mass is 10.1. The highest BCUT2D eigenvalue weighted by atomic mass is 16.3. The molecular weight excluding hydrogens is 472 g/mol. The standard InChI is InChI=1S/C32H22N4O2/c1-3-11-27-23(7-1)31-25(9-5-13-29(31)37-27)33-17-21-15-16-22-18-34(20-36(22)35(21)19-33)26-10-6-14-30-32(26)24-8-2-4-12-28(24)38-30/h1-18H,19-20H2. The Labute approximate surface area is 218 Å². The van der Waals surface area contributed by atoms with Crippen LogP contribution in [0.1, 0.15) is 0 Å². The van der Waals surface area contributed by atoms with Crippen LogP contribution in [0.25, 0.3) is 43.9 Å². The highest BCUT2D eigenvalue weighted by Crippen LogP contribution is 2.42. The number of benzene rings is 4. The Hall–Kier alpha value is -5.10. The summed E-state index contributed by atoms with van der Waals surface area (Å²) in [6.07, 6.45) is 8.87. The van der Waals surface area contributed by atoms with Crippen LogP contribution in [-0.4, -0.2) is 23.4 Å². The van der Waals surface area contributed by atoms with Crippen LogP contribution < -0.4 is 9.80 Å². The molecule has 38 heavy (non-hydrogen) atoms. The van der Waals surface area contributed by atoms with Gasteiger partial charge in [0.25, 0.3) is 0 Å². The van der Waals surface area contributed by atoms with Gasteiger partial charge in [0.2, 0.25) is 0 Å². The summed E-state index contributed by atoms with van der Waals surface area (Å²) in [5.41, 5.74) is 8.30. The Morgan fingerprint density at radius 1 is 0.474 bits per heavy atom. The summed E-state index contributed by atoms with van der Waals surface area (Å²) in [6.45, 7) is 1.45. The first-order valence-electron chi connectivity index (χ1n) is 12.8. The number of hydrogen-bond acceptors (Lipinski definition) is 6. The lowest BCUT2D eigenvalue weighted by Crippen LogP contribution is -2.43. The van der Waals surface area contributed by atoms with Crippen LogP contribution in [0, 0.1) is 0 Å². The zero-order chi connectivity index (χ0) is 24.8. The summed E-state index contributed by atoms with van der Waals surface area (Å²) >= 11 is 0. The Balaban J connectivity index is 1.08. The fourth-order valence-electron chi connectivity index (χ4n) is 6.13. The quantitative estimate of drug-likeness (QED) is 0.248. The van der Waals surface area contributed by atoms with Crippen molar-refractivity contribution in [3.05, 3.63) is 121 Å². The number of allylic oxidation sites excluding steroid dienone is 2. The van der Waals surface area contributed by atoms with Crippen molar-refractivity contribution in [2.24, 2.45) is 0 Å². The Kier molecular flexibility index (Phi) is 3.81. The average molecular weight is 495 g/mol. The van der Waals surface area contributed by atoms with Crippen LogP contribution in [0.2, 0.25) is 0 Å². The van der Waals surface area contributed by atoms with Crippen molar-refractivity contribution in [2.45, 2.75) is 0 Å². The molecule has 0 saturated heterocycles. The van der Waals surface area contributed by atoms with Gasteiger partial charge in [0.05, 0.1) is 33.5 Å². The lowest BCUT2D eigenvalue weighted by molar-refractivity contribution is 0.0742. The molecule has 0 unspecified atom stereocenters. The van der Waals surface area contributed by atoms with E-state index in [1.165, 1.54) is 11.4 Å². The molecule has 0 atom stereocenters. The predicted molar refractivity (Wildman–Crippen MR) is 151 cm³/mol. The van der Waals surface area contributed by atoms with Crippen LogP contribution in [0.4, 0.5) is 11.4 Å². The largest absolute Gasteiger partial charge is 0.456 e. The molecule has 182 valence electrons. The first kappa shape index (κ1) is 20.0. The number of fused-ring (bicyclic) bond motifs is 9. The molecule has 0 N–H and O–H groups in total. The molecule has 0 fully saturated rings. The second kappa shape index (κ2) is 7.23. The maximum atomic E-state index is 6.15. The first-order valence-corrected chi connectivity index (χ1v) is 12.8. The molecule has 0 amide bonds. The normalized spacial score (nSPS) is 16.7. The molecule has 0 bridgehead atoms. The molecule has 3 aliphatic heterocycles. The monoisotopic (exact) mass is 494 g/mol. The molecule has 5 heterocycles. The van der Waals surface area contributed by atoms with Gasteiger partial charge < -0.3 is 18.6 Å². The molecular formula is C32H22N4O2. The fraction of sp³-hybridized carbons (Fsp3) is 0.0625. The summed E-state index contributed by atoms with van der Waals surface area (Å²) in [5, 5.41) is 9.29. The summed E-state index contributed by atoms with van der Waals surface area (Å²) in [6, 6.07) is 29.1. The van der Waals surface area contributed by atoms with E-state index in [-0.39, 0.29) is 0 Å². The van der Waals surface area contributed by atoms with E-state index in [1.807, 2.05) is 24.3 Å². The summed E-state index contributed by atoms with van der Waals surface area (Å²) in [4.78, 5) is 4.64. The SMILES string of the molecule is C1=CC2=CN(c3cccc4oc5ccccc5c34)CN2N2CN(c3cccc4oc5ccccc5c34)C=C12. The predicted octanol–water partition coefficient (Wildman–Crippen LogP) is 7.51. The van der Waals surface area contributed by atoms with Crippen molar-refractivity contribution in [3.8, 4) is 0 Å². The van der Waals surface area contributed by atoms with E-state index in [0.717, 1.165) is 68.6 Å². The van der Waals surface area contributed by atoms with E-state index in [1.54, 1.807) is 0 Å². The third kappa shape index (κ3) is 2.66. The van der Waals surface area contributed by atoms with Gasteiger partial charge in [-0.1, -0.05) is 48.5 Å². The molecule has 9 rings (SSSR count). The maximum Gasteiger partial charge on any atom is 0.137 e. The van der Waals surface area contributed by atoms with E-state index >= 15 is 0 Å². The van der Waals surface area contributed by atoms with Crippen molar-refractivity contribution in [3.63, 3.8) is 0 Å². The van der Waals surface area contributed by atoms with Crippen LogP contribution in [0.5, 0.6) is 0 Å². The molecule has 4 aromatic carbocycles. The molecule has 2 aromatic heterocycles. The van der Waals surface area contributed by atoms with Crippen LogP contribution in [0.15, 0.2) is 130 Å². The first-order chi connectivity index (χ1) is 18.8. The molecule has 6 nitrogen and oxygen atoms in total. The van der Waals surface area contributed by atoms with Gasteiger partial charge in [-0.3, -0.25) is 10.0 Å². The third-order valence-corrected chi connectivity index (χ3v) is 7.84. The highest BCUT2D eigenvalue weighted by molar-refractivity contribution is 6.12. The Bertz CT molecular complexity index is 1880. The van der Waals surface area contributed by atoms with Gasteiger partial charge in [-0.25, -0.2) is 0 Å². The molecule has 0 spiro atoms. The molecule has 0 aliphatic carbocycles. The topological polar surface area (TPSA) is 39.2 Å². The number of nitrogens with zero attached hydrogens (tertiary/aromatic N) is 4. The number of rotatable bonds is 2. The minimum atomic E-state index is 0.725. The fourth-order valence-corrected chi connectivity index (χ4v) is 6.13. The number of anilines is 2. The minimum Gasteiger partial charge on any atom is -0.456 e. The van der Waals surface area contributed by atoms with Gasteiger partial charge in [0.15, 0.2) is 0 Å². The van der Waals surface area contributed by atoms with Crippen molar-refractivity contribution in [1.29, 1.82) is 0 Å². The van der Waals surface area contributed by atoms with Gasteiger partial charge in [-0.05, 0) is 48.6 Å². The average Bonchev–Trinajstić information content (AvgIpc) is 3.73. The number of para-hydroxylation sites is 2.